The van der Waals surface area contributed by atoms with Crippen LogP contribution in [0.15, 0.2) is 29.2 Å². The Hall–Kier alpha value is -1.30. The maximum absolute atomic E-state index is 12.9. The maximum atomic E-state index is 12.9. The van der Waals surface area contributed by atoms with Crippen LogP contribution in [0.5, 0.6) is 0 Å². The van der Waals surface area contributed by atoms with Gasteiger partial charge in [0.15, 0.2) is 14.4 Å². The van der Waals surface area contributed by atoms with Crippen molar-refractivity contribution in [3.8, 4) is 0 Å². The molecule has 0 aliphatic carbocycles. The number of esters is 1. The number of aryl methyl sites for hydroxylation is 1. The fourth-order valence-corrected chi connectivity index (χ4v) is 4.87. The second kappa shape index (κ2) is 8.44. The van der Waals surface area contributed by atoms with Gasteiger partial charge in [0.05, 0.1) is 17.5 Å². The molecule has 1 saturated heterocycles. The number of hydrogen-bond donors (Lipinski definition) is 3. The molecule has 0 saturated carbocycles. The van der Waals surface area contributed by atoms with E-state index >= 15 is 0 Å². The molecule has 1 fully saturated rings. The van der Waals surface area contributed by atoms with Crippen molar-refractivity contribution in [2.24, 2.45) is 0 Å². The summed E-state index contributed by atoms with van der Waals surface area (Å²) in [5.41, 5.74) is 0.907. The molecule has 0 spiro atoms. The number of nitrogens with one attached hydrogen (secondary N) is 1. The molecule has 2 rings (SSSR count). The Morgan fingerprint density at radius 3 is 2.21 bits per heavy atom. The van der Waals surface area contributed by atoms with Crippen molar-refractivity contribution in [1.29, 1.82) is 0 Å². The molecule has 0 radical (unpaired) electrons. The van der Waals surface area contributed by atoms with Crippen LogP contribution in [0.4, 0.5) is 0 Å². The van der Waals surface area contributed by atoms with Crippen LogP contribution >= 0.6 is 0 Å². The van der Waals surface area contributed by atoms with E-state index in [0.29, 0.717) is 0 Å². The summed E-state index contributed by atoms with van der Waals surface area (Å²) in [5, 5.41) is 19.8. The van der Waals surface area contributed by atoms with Crippen LogP contribution < -0.4 is 4.72 Å². The molecule has 0 unspecified atom stereocenters. The third-order valence-corrected chi connectivity index (χ3v) is 11.6. The number of aliphatic hydroxyl groups excluding tert-OH is 2. The monoisotopic (exact) mass is 445 g/mol. The summed E-state index contributed by atoms with van der Waals surface area (Å²) >= 11 is 0. The van der Waals surface area contributed by atoms with Gasteiger partial charge in [-0.3, -0.25) is 0 Å². The fourth-order valence-electron chi connectivity index (χ4n) is 2.61. The van der Waals surface area contributed by atoms with E-state index in [4.69, 9.17) is 9.16 Å². The van der Waals surface area contributed by atoms with E-state index in [2.05, 4.69) is 4.72 Å². The average Bonchev–Trinajstić information content (AvgIpc) is 2.85. The standard InChI is InChI=1S/C19H31NO7SSi/c1-12-7-9-13(10-8-12)28(24,25)20-14(11-26-29(5,6)19(2,3)4)17-15(21)16(22)18(23)27-17/h7-10,14-17,20-22H,11H2,1-6H3/t14-,15-,16+,17-/m1/s1. The van der Waals surface area contributed by atoms with Crippen molar-refractivity contribution in [3.05, 3.63) is 29.8 Å². The molecule has 1 aromatic rings. The lowest BCUT2D eigenvalue weighted by Crippen LogP contribution is -2.53. The zero-order valence-corrected chi connectivity index (χ0v) is 19.5. The zero-order chi connectivity index (χ0) is 22.2. The van der Waals surface area contributed by atoms with Crippen molar-refractivity contribution in [1.82, 2.24) is 4.72 Å². The van der Waals surface area contributed by atoms with Gasteiger partial charge in [-0.2, -0.15) is 0 Å². The Balaban J connectivity index is 2.29. The molecule has 164 valence electrons. The molecule has 1 aliphatic rings. The van der Waals surface area contributed by atoms with E-state index in [1.807, 2.05) is 40.8 Å². The first-order valence-corrected chi connectivity index (χ1v) is 13.8. The summed E-state index contributed by atoms with van der Waals surface area (Å²) in [6.45, 7) is 11.9. The lowest BCUT2D eigenvalue weighted by Gasteiger charge is -2.38. The summed E-state index contributed by atoms with van der Waals surface area (Å²) in [5.74, 6) is -0.991. The third-order valence-electron chi connectivity index (χ3n) is 5.62. The molecule has 4 atom stereocenters. The number of cyclic esters (lactones) is 1. The highest BCUT2D eigenvalue weighted by molar-refractivity contribution is 7.89. The summed E-state index contributed by atoms with van der Waals surface area (Å²) in [6.07, 6.45) is -4.54. The lowest BCUT2D eigenvalue weighted by atomic mass is 10.1. The lowest BCUT2D eigenvalue weighted by molar-refractivity contribution is -0.148. The third kappa shape index (κ3) is 5.44. The SMILES string of the molecule is Cc1ccc(S(=O)(=O)N[C@H](CO[Si](C)(C)C(C)(C)C)[C@H]2OC(=O)[C@@H](O)[C@H]2O)cc1. The number of sulfonamides is 1. The minimum absolute atomic E-state index is 0.0415. The van der Waals surface area contributed by atoms with Crippen LogP contribution in [-0.4, -0.2) is 63.9 Å². The molecule has 1 aromatic carbocycles. The van der Waals surface area contributed by atoms with Crippen LogP contribution in [0.1, 0.15) is 26.3 Å². The Bertz CT molecular complexity index is 833. The fraction of sp³-hybridized carbons (Fsp3) is 0.632. The van der Waals surface area contributed by atoms with Gasteiger partial charge in [-0.05, 0) is 37.2 Å². The topological polar surface area (TPSA) is 122 Å². The number of benzene rings is 1. The van der Waals surface area contributed by atoms with Crippen molar-refractivity contribution >= 4 is 24.3 Å². The second-order valence-corrected chi connectivity index (χ2v) is 15.5. The summed E-state index contributed by atoms with van der Waals surface area (Å²) in [4.78, 5) is 11.7. The molecular formula is C19H31NO7SSi. The summed E-state index contributed by atoms with van der Waals surface area (Å²) in [6, 6.07) is 5.21. The molecule has 0 aromatic heterocycles. The van der Waals surface area contributed by atoms with Crippen molar-refractivity contribution in [2.45, 2.75) is 75.1 Å². The van der Waals surface area contributed by atoms with E-state index in [9.17, 15) is 23.4 Å². The van der Waals surface area contributed by atoms with Crippen LogP contribution in [0.25, 0.3) is 0 Å². The number of rotatable bonds is 7. The molecule has 8 nitrogen and oxygen atoms in total. The number of carbonyl (C=O) groups is 1. The number of aliphatic hydroxyl groups is 2. The van der Waals surface area contributed by atoms with Gasteiger partial charge in [0, 0.05) is 0 Å². The van der Waals surface area contributed by atoms with E-state index in [1.54, 1.807) is 12.1 Å². The van der Waals surface area contributed by atoms with Gasteiger partial charge >= 0.3 is 5.97 Å². The Morgan fingerprint density at radius 1 is 1.21 bits per heavy atom. The minimum Gasteiger partial charge on any atom is -0.456 e. The Labute approximate surface area is 173 Å². The Morgan fingerprint density at radius 2 is 1.76 bits per heavy atom. The smallest absolute Gasteiger partial charge is 0.338 e. The van der Waals surface area contributed by atoms with Gasteiger partial charge in [0.25, 0.3) is 0 Å². The quantitative estimate of drug-likeness (QED) is 0.427. The first-order chi connectivity index (χ1) is 13.2. The molecule has 3 N–H and O–H groups in total. The van der Waals surface area contributed by atoms with Crippen molar-refractivity contribution < 1.29 is 32.6 Å². The average molecular weight is 446 g/mol. The number of ether oxygens (including phenoxy) is 1. The second-order valence-electron chi connectivity index (χ2n) is 8.95. The molecule has 0 bridgehead atoms. The van der Waals surface area contributed by atoms with Crippen molar-refractivity contribution in [2.75, 3.05) is 6.61 Å². The highest BCUT2D eigenvalue weighted by Crippen LogP contribution is 2.37. The van der Waals surface area contributed by atoms with Gasteiger partial charge in [-0.15, -0.1) is 0 Å². The van der Waals surface area contributed by atoms with Crippen molar-refractivity contribution in [3.63, 3.8) is 0 Å². The van der Waals surface area contributed by atoms with Crippen LogP contribution in [0, 0.1) is 6.92 Å². The maximum Gasteiger partial charge on any atom is 0.338 e. The normalized spacial score (nSPS) is 24.4. The summed E-state index contributed by atoms with van der Waals surface area (Å²) in [7, 11) is -6.23. The van der Waals surface area contributed by atoms with Crippen LogP contribution in [0.3, 0.4) is 0 Å². The minimum atomic E-state index is -3.97. The largest absolute Gasteiger partial charge is 0.456 e. The van der Waals surface area contributed by atoms with E-state index < -0.39 is 48.7 Å². The molecule has 1 aliphatic heterocycles. The molecule has 0 amide bonds. The molecule has 10 heteroatoms. The Kier molecular flexibility index (Phi) is 6.98. The number of carbonyl (C=O) groups excluding carboxylic acids is 1. The molecule has 1 heterocycles. The van der Waals surface area contributed by atoms with E-state index in [0.717, 1.165) is 5.56 Å². The van der Waals surface area contributed by atoms with Crippen LogP contribution in [-0.2, 0) is 24.0 Å². The van der Waals surface area contributed by atoms with E-state index in [-0.39, 0.29) is 16.5 Å². The van der Waals surface area contributed by atoms with Gasteiger partial charge in [0.1, 0.15) is 12.2 Å². The van der Waals surface area contributed by atoms with E-state index in [1.165, 1.54) is 12.1 Å². The molecular weight excluding hydrogens is 414 g/mol. The first kappa shape index (κ1) is 24.0. The first-order valence-electron chi connectivity index (χ1n) is 9.45. The number of hydrogen-bond acceptors (Lipinski definition) is 7. The zero-order valence-electron chi connectivity index (χ0n) is 17.7. The summed E-state index contributed by atoms with van der Waals surface area (Å²) < 4.78 is 39.4. The predicted octanol–water partition coefficient (Wildman–Crippen LogP) is 1.31. The van der Waals surface area contributed by atoms with Gasteiger partial charge in [0.2, 0.25) is 10.0 Å². The van der Waals surface area contributed by atoms with Gasteiger partial charge < -0.3 is 19.4 Å². The highest BCUT2D eigenvalue weighted by Gasteiger charge is 2.48. The molecule has 29 heavy (non-hydrogen) atoms. The van der Waals surface area contributed by atoms with Gasteiger partial charge in [-0.1, -0.05) is 38.5 Å². The highest BCUT2D eigenvalue weighted by atomic mass is 32.2. The van der Waals surface area contributed by atoms with Crippen LogP contribution in [0.2, 0.25) is 18.1 Å². The predicted molar refractivity (Wildman–Crippen MR) is 110 cm³/mol. The van der Waals surface area contributed by atoms with Gasteiger partial charge in [-0.25, -0.2) is 17.9 Å².